The molecule has 0 spiro atoms. The second kappa shape index (κ2) is 16.2. The molecule has 1 heterocycles. The van der Waals surface area contributed by atoms with Gasteiger partial charge in [-0.3, -0.25) is 24.0 Å². The van der Waals surface area contributed by atoms with E-state index in [1.165, 1.54) is 11.8 Å². The molecule has 2 rings (SSSR count). The average Bonchev–Trinajstić information content (AvgIpc) is 3.33. The minimum absolute atomic E-state index is 0.00842. The molecule has 0 fully saturated rings. The van der Waals surface area contributed by atoms with Crippen molar-refractivity contribution in [1.82, 2.24) is 20.9 Å². The molecule has 11 N–H and O–H groups in total. The fourth-order valence-electron chi connectivity index (χ4n) is 4.03. The number of carbonyl (C=O) groups excluding carboxylic acids is 5. The summed E-state index contributed by atoms with van der Waals surface area (Å²) in [6.07, 6.45) is 3.08. The number of aromatic amines is 1. The van der Waals surface area contributed by atoms with Crippen LogP contribution in [0.1, 0.15) is 37.7 Å². The maximum absolute atomic E-state index is 13.4. The van der Waals surface area contributed by atoms with Gasteiger partial charge in [0.05, 0.1) is 6.04 Å². The SMILES string of the molecule is CSCCC(NC(=O)C(N)CCC(N)=O)C(=O)NC(Cc1c[nH]c2ccccc12)C(=O)NC(CCC(N)=O)C(=O)O. The monoisotopic (exact) mass is 591 g/mol. The molecule has 0 aliphatic rings. The predicted octanol–water partition coefficient (Wildman–Crippen LogP) is -1.14. The van der Waals surface area contributed by atoms with E-state index in [2.05, 4.69) is 20.9 Å². The highest BCUT2D eigenvalue weighted by molar-refractivity contribution is 7.98. The number of fused-ring (bicyclic) bond motifs is 1. The number of aromatic nitrogens is 1. The van der Waals surface area contributed by atoms with Gasteiger partial charge in [-0.2, -0.15) is 11.8 Å². The van der Waals surface area contributed by atoms with E-state index >= 15 is 0 Å². The van der Waals surface area contributed by atoms with Crippen molar-refractivity contribution >= 4 is 58.2 Å². The number of carboxylic acids is 1. The minimum Gasteiger partial charge on any atom is -0.480 e. The maximum atomic E-state index is 13.4. The molecule has 0 radical (unpaired) electrons. The van der Waals surface area contributed by atoms with Crippen LogP contribution in [0.2, 0.25) is 0 Å². The summed E-state index contributed by atoms with van der Waals surface area (Å²) < 4.78 is 0. The van der Waals surface area contributed by atoms with Crippen molar-refractivity contribution in [2.24, 2.45) is 17.2 Å². The fourth-order valence-corrected chi connectivity index (χ4v) is 4.50. The van der Waals surface area contributed by atoms with Crippen LogP contribution in [-0.4, -0.2) is 81.8 Å². The van der Waals surface area contributed by atoms with E-state index in [1.807, 2.05) is 30.5 Å². The first-order valence-electron chi connectivity index (χ1n) is 12.9. The van der Waals surface area contributed by atoms with Gasteiger partial charge in [0.15, 0.2) is 0 Å². The maximum Gasteiger partial charge on any atom is 0.326 e. The molecule has 1 aromatic carbocycles. The number of amides is 5. The van der Waals surface area contributed by atoms with Gasteiger partial charge >= 0.3 is 5.97 Å². The molecule has 4 unspecified atom stereocenters. The standard InChI is InChI=1S/C26H37N7O7S/c1-41-11-10-18(31-23(36)16(27)6-8-21(28)34)24(37)33-20(12-14-13-30-17-5-3-2-4-15(14)17)25(38)32-19(26(39)40)7-9-22(29)35/h2-5,13,16,18-20,30H,6-12,27H2,1H3,(H2,28,34)(H2,29,35)(H,31,36)(H,32,38)(H,33,37)(H,39,40). The lowest BCUT2D eigenvalue weighted by atomic mass is 10.0. The number of rotatable bonds is 18. The van der Waals surface area contributed by atoms with Crippen LogP contribution in [0.15, 0.2) is 30.5 Å². The van der Waals surface area contributed by atoms with Crippen LogP contribution >= 0.6 is 11.8 Å². The van der Waals surface area contributed by atoms with E-state index in [0.29, 0.717) is 11.3 Å². The van der Waals surface area contributed by atoms with E-state index in [4.69, 9.17) is 17.2 Å². The average molecular weight is 592 g/mol. The van der Waals surface area contributed by atoms with Gasteiger partial charge in [0, 0.05) is 36.4 Å². The first-order valence-corrected chi connectivity index (χ1v) is 14.3. The lowest BCUT2D eigenvalue weighted by Crippen LogP contribution is -2.57. The lowest BCUT2D eigenvalue weighted by Gasteiger charge is -2.25. The Morgan fingerprint density at radius 3 is 2.07 bits per heavy atom. The Labute approximate surface area is 240 Å². The van der Waals surface area contributed by atoms with Crippen LogP contribution in [0.5, 0.6) is 0 Å². The third-order valence-corrected chi connectivity index (χ3v) is 6.95. The molecule has 2 aromatic rings. The number of thioether (sulfide) groups is 1. The van der Waals surface area contributed by atoms with Crippen molar-refractivity contribution in [2.45, 2.75) is 62.7 Å². The van der Waals surface area contributed by atoms with Gasteiger partial charge in [-0.1, -0.05) is 18.2 Å². The molecule has 15 heteroatoms. The number of hydrogen-bond donors (Lipinski definition) is 8. The molecule has 0 aliphatic carbocycles. The van der Waals surface area contributed by atoms with Crippen molar-refractivity contribution in [3.05, 3.63) is 36.0 Å². The summed E-state index contributed by atoms with van der Waals surface area (Å²) in [7, 11) is 0. The Morgan fingerprint density at radius 2 is 1.44 bits per heavy atom. The molecule has 0 saturated heterocycles. The number of aliphatic carboxylic acids is 1. The summed E-state index contributed by atoms with van der Waals surface area (Å²) in [5.41, 5.74) is 17.6. The molecule has 41 heavy (non-hydrogen) atoms. The number of nitrogens with one attached hydrogen (secondary N) is 4. The lowest BCUT2D eigenvalue weighted by molar-refractivity contribution is -0.142. The first kappa shape index (κ1) is 33.1. The third kappa shape index (κ3) is 10.8. The van der Waals surface area contributed by atoms with Crippen molar-refractivity contribution in [2.75, 3.05) is 12.0 Å². The van der Waals surface area contributed by atoms with Crippen molar-refractivity contribution in [3.63, 3.8) is 0 Å². The Morgan fingerprint density at radius 1 is 0.854 bits per heavy atom. The molecule has 4 atom stereocenters. The van der Waals surface area contributed by atoms with Crippen LogP contribution in [0.25, 0.3) is 10.9 Å². The van der Waals surface area contributed by atoms with Crippen LogP contribution in [0, 0.1) is 0 Å². The molecule has 0 saturated carbocycles. The molecule has 5 amide bonds. The van der Waals surface area contributed by atoms with E-state index in [-0.39, 0.29) is 38.5 Å². The number of para-hydroxylation sites is 1. The fraction of sp³-hybridized carbons (Fsp3) is 0.462. The van der Waals surface area contributed by atoms with Crippen LogP contribution in [-0.2, 0) is 35.2 Å². The quantitative estimate of drug-likeness (QED) is 0.104. The zero-order chi connectivity index (χ0) is 30.5. The molecule has 0 aliphatic heterocycles. The summed E-state index contributed by atoms with van der Waals surface area (Å²) in [5.74, 6) is -4.37. The molecular formula is C26H37N7O7S. The van der Waals surface area contributed by atoms with Crippen molar-refractivity contribution in [1.29, 1.82) is 0 Å². The second-order valence-corrected chi connectivity index (χ2v) is 10.5. The van der Waals surface area contributed by atoms with E-state index < -0.39 is 59.7 Å². The van der Waals surface area contributed by atoms with E-state index in [9.17, 15) is 33.9 Å². The molecular weight excluding hydrogens is 554 g/mol. The second-order valence-electron chi connectivity index (χ2n) is 9.48. The number of hydrogen-bond acceptors (Lipinski definition) is 8. The number of carbonyl (C=O) groups is 6. The Kier molecular flexibility index (Phi) is 13.1. The highest BCUT2D eigenvalue weighted by atomic mass is 32.2. The van der Waals surface area contributed by atoms with E-state index in [1.54, 1.807) is 6.20 Å². The van der Waals surface area contributed by atoms with Gasteiger partial charge in [0.1, 0.15) is 18.1 Å². The van der Waals surface area contributed by atoms with Gasteiger partial charge < -0.3 is 43.2 Å². The summed E-state index contributed by atoms with van der Waals surface area (Å²) in [4.78, 5) is 76.5. The summed E-state index contributed by atoms with van der Waals surface area (Å²) in [5, 5.41) is 18.0. The topological polar surface area (TPSA) is 253 Å². The molecule has 0 bridgehead atoms. The number of benzene rings is 1. The summed E-state index contributed by atoms with van der Waals surface area (Å²) >= 11 is 1.44. The van der Waals surface area contributed by atoms with Crippen LogP contribution in [0.4, 0.5) is 0 Å². The van der Waals surface area contributed by atoms with Gasteiger partial charge in [-0.25, -0.2) is 4.79 Å². The van der Waals surface area contributed by atoms with E-state index in [0.717, 1.165) is 10.9 Å². The molecule has 1 aromatic heterocycles. The Bertz CT molecular complexity index is 1250. The zero-order valence-electron chi connectivity index (χ0n) is 22.7. The van der Waals surface area contributed by atoms with Gasteiger partial charge in [-0.05, 0) is 42.9 Å². The Balaban J connectivity index is 2.29. The van der Waals surface area contributed by atoms with Crippen LogP contribution in [0.3, 0.4) is 0 Å². The largest absolute Gasteiger partial charge is 0.480 e. The summed E-state index contributed by atoms with van der Waals surface area (Å²) in [6, 6.07) is 2.50. The molecule has 14 nitrogen and oxygen atoms in total. The number of carboxylic acid groups (broad SMARTS) is 1. The number of primary amides is 2. The highest BCUT2D eigenvalue weighted by Crippen LogP contribution is 2.19. The van der Waals surface area contributed by atoms with Crippen molar-refractivity contribution < 1.29 is 33.9 Å². The zero-order valence-corrected chi connectivity index (χ0v) is 23.5. The van der Waals surface area contributed by atoms with Crippen LogP contribution < -0.4 is 33.2 Å². The third-order valence-electron chi connectivity index (χ3n) is 6.31. The van der Waals surface area contributed by atoms with Gasteiger partial charge in [0.25, 0.3) is 0 Å². The predicted molar refractivity (Wildman–Crippen MR) is 153 cm³/mol. The minimum atomic E-state index is -1.42. The smallest absolute Gasteiger partial charge is 0.326 e. The highest BCUT2D eigenvalue weighted by Gasteiger charge is 2.31. The summed E-state index contributed by atoms with van der Waals surface area (Å²) in [6.45, 7) is 0. The normalized spacial score (nSPS) is 13.9. The first-order chi connectivity index (χ1) is 19.4. The van der Waals surface area contributed by atoms with Gasteiger partial charge in [-0.15, -0.1) is 0 Å². The number of nitrogens with two attached hydrogens (primary N) is 3. The Hall–Kier alpha value is -4.11. The van der Waals surface area contributed by atoms with Gasteiger partial charge in [0.2, 0.25) is 29.5 Å². The van der Waals surface area contributed by atoms with Crippen molar-refractivity contribution in [3.8, 4) is 0 Å². The molecule has 224 valence electrons. The number of H-pyrrole nitrogens is 1.